The number of rotatable bonds is 87. The quantitative estimate of drug-likeness (QED) is 0.0222. The molecule has 0 aromatic rings. The first kappa shape index (κ1) is 104. The van der Waals surface area contributed by atoms with Gasteiger partial charge < -0.3 is 33.8 Å². The molecule has 0 amide bonds. The minimum atomic E-state index is -4.96. The smallest absolute Gasteiger partial charge is 0.462 e. The first-order valence-electron chi connectivity index (χ1n) is 45.2. The molecule has 6 atom stereocenters. The number of aliphatic hydroxyl groups is 1. The van der Waals surface area contributed by atoms with Crippen LogP contribution in [0.5, 0.6) is 0 Å². The maximum Gasteiger partial charge on any atom is 0.472 e. The van der Waals surface area contributed by atoms with E-state index in [1.165, 1.54) is 283 Å². The van der Waals surface area contributed by atoms with Gasteiger partial charge in [0.05, 0.1) is 26.4 Å². The van der Waals surface area contributed by atoms with Crippen molar-refractivity contribution in [2.24, 2.45) is 5.92 Å². The second-order valence-electron chi connectivity index (χ2n) is 31.5. The van der Waals surface area contributed by atoms with Crippen molar-refractivity contribution in [2.45, 2.75) is 490 Å². The number of phosphoric ester groups is 2. The van der Waals surface area contributed by atoms with Crippen molar-refractivity contribution in [1.29, 1.82) is 0 Å². The van der Waals surface area contributed by atoms with E-state index in [1.54, 1.807) is 0 Å². The molecule has 3 N–H and O–H groups in total. The first-order valence-corrected chi connectivity index (χ1v) is 48.2. The molecule has 19 heteroatoms. The van der Waals surface area contributed by atoms with Crippen LogP contribution in [0.2, 0.25) is 0 Å². The van der Waals surface area contributed by atoms with Crippen LogP contribution >= 0.6 is 15.6 Å². The van der Waals surface area contributed by atoms with Crippen molar-refractivity contribution in [2.75, 3.05) is 39.6 Å². The lowest BCUT2D eigenvalue weighted by molar-refractivity contribution is -0.161. The number of carbonyl (C=O) groups excluding carboxylic acids is 4. The van der Waals surface area contributed by atoms with Gasteiger partial charge in [-0.15, -0.1) is 0 Å². The number of ether oxygens (including phenoxy) is 4. The SMILES string of the molecule is CCCCCCCCCCCCCCCCCCCCCCCC(=O)OC[C@H](COP(=O)(O)OC[C@@H](O)COP(=O)(O)OC[C@@H](COC(=O)CCCCCCCCC)OC(=O)CCCCCCCCCCCCCCCCCC)OC(=O)CCCCCCCCCCCCCCCCCCCCC(C)CC. The minimum Gasteiger partial charge on any atom is -0.462 e. The Bertz CT molecular complexity index is 2020. The minimum absolute atomic E-state index is 0.108. The predicted octanol–water partition coefficient (Wildman–Crippen LogP) is 26.8. The van der Waals surface area contributed by atoms with Gasteiger partial charge >= 0.3 is 39.5 Å². The maximum atomic E-state index is 13.1. The third-order valence-corrected chi connectivity index (χ3v) is 22.8. The zero-order valence-corrected chi connectivity index (χ0v) is 71.4. The largest absolute Gasteiger partial charge is 0.472 e. The fourth-order valence-electron chi connectivity index (χ4n) is 13.6. The summed E-state index contributed by atoms with van der Waals surface area (Å²) in [4.78, 5) is 73.1. The van der Waals surface area contributed by atoms with Gasteiger partial charge in [0.15, 0.2) is 12.2 Å². The Labute approximate surface area is 651 Å². The summed E-state index contributed by atoms with van der Waals surface area (Å²) in [6.07, 6.45) is 73.9. The third kappa shape index (κ3) is 78.7. The van der Waals surface area contributed by atoms with Gasteiger partial charge in [-0.05, 0) is 31.6 Å². The van der Waals surface area contributed by atoms with Crippen LogP contribution in [-0.4, -0.2) is 96.7 Å². The summed E-state index contributed by atoms with van der Waals surface area (Å²) in [5, 5.41) is 10.7. The van der Waals surface area contributed by atoms with E-state index in [9.17, 15) is 43.2 Å². The zero-order chi connectivity index (χ0) is 77.6. The normalized spacial score (nSPS) is 14.0. The van der Waals surface area contributed by atoms with Gasteiger partial charge in [0.25, 0.3) is 0 Å². The van der Waals surface area contributed by atoms with Crippen LogP contribution in [0.1, 0.15) is 471 Å². The molecule has 0 aromatic carbocycles. The van der Waals surface area contributed by atoms with E-state index < -0.39 is 97.5 Å². The van der Waals surface area contributed by atoms with Crippen LogP contribution in [0, 0.1) is 5.92 Å². The van der Waals surface area contributed by atoms with Crippen molar-refractivity contribution in [3.8, 4) is 0 Å². The van der Waals surface area contributed by atoms with E-state index in [4.69, 9.17) is 37.0 Å². The Morgan fingerprint density at radius 1 is 0.264 bits per heavy atom. The molecule has 0 heterocycles. The Hall–Kier alpha value is -1.94. The summed E-state index contributed by atoms with van der Waals surface area (Å²) in [5.74, 6) is -1.23. The number of phosphoric acid groups is 2. The van der Waals surface area contributed by atoms with Crippen LogP contribution in [0.15, 0.2) is 0 Å². The van der Waals surface area contributed by atoms with Crippen LogP contribution < -0.4 is 0 Å². The Balaban J connectivity index is 5.15. The van der Waals surface area contributed by atoms with Crippen LogP contribution in [0.25, 0.3) is 0 Å². The van der Waals surface area contributed by atoms with Gasteiger partial charge in [-0.2, -0.15) is 0 Å². The molecular formula is C87H170O17P2. The number of unbranched alkanes of at least 4 members (excludes halogenated alkanes) is 58. The third-order valence-electron chi connectivity index (χ3n) is 20.9. The molecule has 0 aliphatic carbocycles. The second-order valence-corrected chi connectivity index (χ2v) is 34.4. The molecule has 0 fully saturated rings. The molecule has 3 unspecified atom stereocenters. The molecule has 0 bridgehead atoms. The lowest BCUT2D eigenvalue weighted by atomic mass is 9.99. The topological polar surface area (TPSA) is 237 Å². The molecule has 0 spiro atoms. The fraction of sp³-hybridized carbons (Fsp3) is 0.954. The van der Waals surface area contributed by atoms with Crippen molar-refractivity contribution < 1.29 is 80.2 Å². The molecule has 0 aliphatic heterocycles. The number of hydrogen-bond acceptors (Lipinski definition) is 15. The second kappa shape index (κ2) is 79.7. The van der Waals surface area contributed by atoms with Gasteiger partial charge in [0.1, 0.15) is 19.3 Å². The Morgan fingerprint density at radius 2 is 0.453 bits per heavy atom. The van der Waals surface area contributed by atoms with E-state index in [-0.39, 0.29) is 25.7 Å². The molecule has 0 saturated carbocycles. The molecule has 106 heavy (non-hydrogen) atoms. The number of aliphatic hydroxyl groups excluding tert-OH is 1. The number of esters is 4. The number of carbonyl (C=O) groups is 4. The summed E-state index contributed by atoms with van der Waals surface area (Å²) in [6, 6.07) is 0. The van der Waals surface area contributed by atoms with Gasteiger partial charge in [-0.25, -0.2) is 9.13 Å². The predicted molar refractivity (Wildman–Crippen MR) is 437 cm³/mol. The van der Waals surface area contributed by atoms with Crippen molar-refractivity contribution in [3.63, 3.8) is 0 Å². The highest BCUT2D eigenvalue weighted by Gasteiger charge is 2.30. The van der Waals surface area contributed by atoms with Gasteiger partial charge in [0, 0.05) is 25.7 Å². The van der Waals surface area contributed by atoms with E-state index in [0.29, 0.717) is 25.7 Å². The average molecular weight is 1550 g/mol. The molecule has 0 aliphatic rings. The summed E-state index contributed by atoms with van der Waals surface area (Å²) >= 11 is 0. The zero-order valence-electron chi connectivity index (χ0n) is 69.6. The van der Waals surface area contributed by atoms with E-state index in [0.717, 1.165) is 109 Å². The Kier molecular flexibility index (Phi) is 78.2. The summed E-state index contributed by atoms with van der Waals surface area (Å²) in [5.41, 5.74) is 0. The fourth-order valence-corrected chi connectivity index (χ4v) is 15.2. The van der Waals surface area contributed by atoms with Gasteiger partial charge in [-0.1, -0.05) is 420 Å². The summed E-state index contributed by atoms with van der Waals surface area (Å²) < 4.78 is 68.8. The van der Waals surface area contributed by atoms with E-state index in [2.05, 4.69) is 34.6 Å². The first-order chi connectivity index (χ1) is 51.6. The van der Waals surface area contributed by atoms with Crippen LogP contribution in [0.4, 0.5) is 0 Å². The molecular weight excluding hydrogens is 1380 g/mol. The van der Waals surface area contributed by atoms with Gasteiger partial charge in [0.2, 0.25) is 0 Å². The standard InChI is InChI=1S/C87H170O17P2/c1-6-10-13-16-19-21-23-25-27-29-30-31-32-36-40-43-47-51-56-61-66-71-85(90)98-77-83(104-87(92)73-68-63-58-53-49-45-41-37-34-33-35-38-42-46-50-55-59-64-69-80(5)9-4)79-102-106(95,96)100-75-81(88)74-99-105(93,94)101-78-82(76-97-84(89)70-65-60-54-18-15-12-8-3)103-86(91)72-67-62-57-52-48-44-39-28-26-24-22-20-17-14-11-7-2/h80-83,88H,6-79H2,1-5H3,(H,93,94)(H,95,96)/t80?,81-,82+,83+/m0/s1. The summed E-state index contributed by atoms with van der Waals surface area (Å²) in [6.45, 7) is 7.39. The highest BCUT2D eigenvalue weighted by molar-refractivity contribution is 7.47. The highest BCUT2D eigenvalue weighted by Crippen LogP contribution is 2.45. The number of hydrogen-bond donors (Lipinski definition) is 3. The van der Waals surface area contributed by atoms with Gasteiger partial charge in [-0.3, -0.25) is 37.3 Å². The molecule has 0 rings (SSSR count). The molecule has 0 radical (unpaired) electrons. The summed E-state index contributed by atoms with van der Waals surface area (Å²) in [7, 11) is -9.92. The monoisotopic (exact) mass is 1550 g/mol. The highest BCUT2D eigenvalue weighted by atomic mass is 31.2. The van der Waals surface area contributed by atoms with Crippen molar-refractivity contribution in [3.05, 3.63) is 0 Å². The Morgan fingerprint density at radius 3 is 0.670 bits per heavy atom. The van der Waals surface area contributed by atoms with Crippen LogP contribution in [-0.2, 0) is 65.4 Å². The molecule has 0 saturated heterocycles. The van der Waals surface area contributed by atoms with Crippen LogP contribution in [0.3, 0.4) is 0 Å². The maximum absolute atomic E-state index is 13.1. The van der Waals surface area contributed by atoms with Crippen molar-refractivity contribution in [1.82, 2.24) is 0 Å². The average Bonchev–Trinajstić information content (AvgIpc) is 0.902. The lowest BCUT2D eigenvalue weighted by Crippen LogP contribution is -2.30. The van der Waals surface area contributed by atoms with E-state index >= 15 is 0 Å². The van der Waals surface area contributed by atoms with Crippen molar-refractivity contribution >= 4 is 39.5 Å². The van der Waals surface area contributed by atoms with E-state index in [1.807, 2.05) is 0 Å². The molecule has 0 aromatic heterocycles. The lowest BCUT2D eigenvalue weighted by Gasteiger charge is -2.21. The molecule has 17 nitrogen and oxygen atoms in total. The molecule has 630 valence electrons.